The highest BCUT2D eigenvalue weighted by molar-refractivity contribution is 5.95. The molecule has 2 rings (SSSR count). The Labute approximate surface area is 119 Å². The maximum Gasteiger partial charge on any atom is 0.232 e. The predicted molar refractivity (Wildman–Crippen MR) is 77.4 cm³/mol. The molecule has 1 amide bonds. The number of amides is 1. The van der Waals surface area contributed by atoms with E-state index in [0.29, 0.717) is 38.3 Å². The van der Waals surface area contributed by atoms with Crippen LogP contribution >= 0.6 is 0 Å². The number of anilines is 1. The summed E-state index contributed by atoms with van der Waals surface area (Å²) >= 11 is 0. The normalized spacial score (nSPS) is 18.8. The Kier molecular flexibility index (Phi) is 4.15. The van der Waals surface area contributed by atoms with Crippen LogP contribution in [-0.2, 0) is 15.1 Å². The fraction of sp³-hybridized carbons (Fsp3) is 0.714. The average Bonchev–Trinajstić information content (AvgIpc) is 2.88. The van der Waals surface area contributed by atoms with Crippen molar-refractivity contribution in [1.29, 1.82) is 0 Å². The Morgan fingerprint density at radius 1 is 1.50 bits per heavy atom. The summed E-state index contributed by atoms with van der Waals surface area (Å²) < 4.78 is 7.16. The van der Waals surface area contributed by atoms with Crippen molar-refractivity contribution in [3.05, 3.63) is 12.4 Å². The van der Waals surface area contributed by atoms with E-state index in [-0.39, 0.29) is 11.4 Å². The molecule has 0 aromatic carbocycles. The summed E-state index contributed by atoms with van der Waals surface area (Å²) in [7, 11) is 0. The van der Waals surface area contributed by atoms with Gasteiger partial charge in [-0.15, -0.1) is 0 Å². The van der Waals surface area contributed by atoms with Crippen molar-refractivity contribution in [2.24, 2.45) is 11.1 Å². The second-order valence-corrected chi connectivity index (χ2v) is 6.40. The second kappa shape index (κ2) is 5.54. The van der Waals surface area contributed by atoms with Crippen molar-refractivity contribution >= 4 is 11.6 Å². The molecule has 0 bridgehead atoms. The van der Waals surface area contributed by atoms with Gasteiger partial charge in [0.1, 0.15) is 0 Å². The zero-order valence-electron chi connectivity index (χ0n) is 12.5. The molecule has 1 aromatic rings. The number of ether oxygens (including phenoxy) is 1. The first-order valence-corrected chi connectivity index (χ1v) is 7.02. The molecular weight excluding hydrogens is 256 g/mol. The van der Waals surface area contributed by atoms with E-state index in [0.717, 1.165) is 0 Å². The van der Waals surface area contributed by atoms with Crippen LogP contribution in [0.1, 0.15) is 33.6 Å². The van der Waals surface area contributed by atoms with Gasteiger partial charge in [-0.2, -0.15) is 5.10 Å². The molecule has 0 saturated carbocycles. The fourth-order valence-corrected chi connectivity index (χ4v) is 2.30. The zero-order valence-corrected chi connectivity index (χ0v) is 12.5. The molecule has 0 unspecified atom stereocenters. The molecular formula is C14H24N4O2. The summed E-state index contributed by atoms with van der Waals surface area (Å²) in [5, 5.41) is 7.22. The first kappa shape index (κ1) is 15.0. The maximum absolute atomic E-state index is 12.5. The Morgan fingerprint density at radius 2 is 2.15 bits per heavy atom. The summed E-state index contributed by atoms with van der Waals surface area (Å²) in [6.45, 7) is 7.70. The molecule has 1 saturated heterocycles. The maximum atomic E-state index is 12.5. The van der Waals surface area contributed by atoms with Crippen molar-refractivity contribution in [3.63, 3.8) is 0 Å². The van der Waals surface area contributed by atoms with E-state index in [1.54, 1.807) is 6.20 Å². The number of nitrogens with zero attached hydrogens (tertiary/aromatic N) is 2. The van der Waals surface area contributed by atoms with E-state index in [1.807, 2.05) is 10.9 Å². The molecule has 1 aliphatic heterocycles. The SMILES string of the molecule is CC(C)(C)n1cc(NC(=O)C2(CN)CCOCC2)cn1. The summed E-state index contributed by atoms with van der Waals surface area (Å²) in [6, 6.07) is 0. The average molecular weight is 280 g/mol. The van der Waals surface area contributed by atoms with Crippen molar-refractivity contribution in [3.8, 4) is 0 Å². The summed E-state index contributed by atoms with van der Waals surface area (Å²) in [4.78, 5) is 12.5. The minimum atomic E-state index is -0.512. The number of nitrogens with two attached hydrogens (primary N) is 1. The largest absolute Gasteiger partial charge is 0.381 e. The van der Waals surface area contributed by atoms with E-state index in [9.17, 15) is 4.79 Å². The molecule has 2 heterocycles. The van der Waals surface area contributed by atoms with Crippen LogP contribution in [0.4, 0.5) is 5.69 Å². The van der Waals surface area contributed by atoms with Crippen LogP contribution in [0, 0.1) is 5.41 Å². The van der Waals surface area contributed by atoms with Gasteiger partial charge in [0, 0.05) is 26.0 Å². The van der Waals surface area contributed by atoms with Crippen LogP contribution in [0.15, 0.2) is 12.4 Å². The lowest BCUT2D eigenvalue weighted by Gasteiger charge is -2.34. The van der Waals surface area contributed by atoms with E-state index in [2.05, 4.69) is 31.2 Å². The molecule has 3 N–H and O–H groups in total. The van der Waals surface area contributed by atoms with Gasteiger partial charge in [0.25, 0.3) is 0 Å². The van der Waals surface area contributed by atoms with E-state index < -0.39 is 5.41 Å². The highest BCUT2D eigenvalue weighted by atomic mass is 16.5. The van der Waals surface area contributed by atoms with Gasteiger partial charge in [-0.25, -0.2) is 0 Å². The van der Waals surface area contributed by atoms with Crippen LogP contribution in [0.3, 0.4) is 0 Å². The molecule has 1 fully saturated rings. The third-order valence-electron chi connectivity index (χ3n) is 3.85. The quantitative estimate of drug-likeness (QED) is 0.875. The highest BCUT2D eigenvalue weighted by Crippen LogP contribution is 2.31. The van der Waals surface area contributed by atoms with Gasteiger partial charge in [0.15, 0.2) is 0 Å². The molecule has 0 spiro atoms. The number of carbonyl (C=O) groups excluding carboxylic acids is 1. The van der Waals surface area contributed by atoms with E-state index >= 15 is 0 Å². The second-order valence-electron chi connectivity index (χ2n) is 6.40. The molecule has 0 radical (unpaired) electrons. The van der Waals surface area contributed by atoms with Gasteiger partial charge in [-0.3, -0.25) is 9.48 Å². The minimum absolute atomic E-state index is 0.0308. The van der Waals surface area contributed by atoms with Crippen LogP contribution in [0.2, 0.25) is 0 Å². The minimum Gasteiger partial charge on any atom is -0.381 e. The Balaban J connectivity index is 2.09. The molecule has 6 nitrogen and oxygen atoms in total. The van der Waals surface area contributed by atoms with Crippen LogP contribution in [-0.4, -0.2) is 35.4 Å². The van der Waals surface area contributed by atoms with Gasteiger partial charge in [-0.1, -0.05) is 0 Å². The van der Waals surface area contributed by atoms with Gasteiger partial charge >= 0.3 is 0 Å². The molecule has 112 valence electrons. The van der Waals surface area contributed by atoms with Crippen molar-refractivity contribution in [2.45, 2.75) is 39.2 Å². The molecule has 6 heteroatoms. The number of aromatic nitrogens is 2. The zero-order chi connectivity index (χ0) is 14.8. The summed E-state index contributed by atoms with van der Waals surface area (Å²) in [6.07, 6.45) is 4.86. The molecule has 20 heavy (non-hydrogen) atoms. The lowest BCUT2D eigenvalue weighted by Crippen LogP contribution is -2.46. The Bertz CT molecular complexity index is 470. The molecule has 0 aliphatic carbocycles. The monoisotopic (exact) mass is 280 g/mol. The van der Waals surface area contributed by atoms with Crippen molar-refractivity contribution in [1.82, 2.24) is 9.78 Å². The van der Waals surface area contributed by atoms with Crippen LogP contribution in [0.5, 0.6) is 0 Å². The van der Waals surface area contributed by atoms with Crippen molar-refractivity contribution in [2.75, 3.05) is 25.1 Å². The lowest BCUT2D eigenvalue weighted by atomic mass is 9.79. The first-order valence-electron chi connectivity index (χ1n) is 7.02. The molecule has 1 aromatic heterocycles. The summed E-state index contributed by atoms with van der Waals surface area (Å²) in [5.74, 6) is -0.0308. The summed E-state index contributed by atoms with van der Waals surface area (Å²) in [5.41, 5.74) is 5.93. The molecule has 1 aliphatic rings. The first-order chi connectivity index (χ1) is 9.37. The van der Waals surface area contributed by atoms with Gasteiger partial charge in [0.05, 0.1) is 22.8 Å². The van der Waals surface area contributed by atoms with Gasteiger partial charge < -0.3 is 15.8 Å². The Hall–Kier alpha value is -1.40. The van der Waals surface area contributed by atoms with Crippen LogP contribution < -0.4 is 11.1 Å². The predicted octanol–water partition coefficient (Wildman–Crippen LogP) is 1.33. The molecule has 0 atom stereocenters. The third kappa shape index (κ3) is 3.02. The standard InChI is InChI=1S/C14H24N4O2/c1-13(2,3)18-9-11(8-16-18)17-12(19)14(10-15)4-6-20-7-5-14/h8-9H,4-7,10,15H2,1-3H3,(H,17,19). The number of carbonyl (C=O) groups is 1. The van der Waals surface area contributed by atoms with E-state index in [4.69, 9.17) is 10.5 Å². The highest BCUT2D eigenvalue weighted by Gasteiger charge is 2.39. The van der Waals surface area contributed by atoms with Gasteiger partial charge in [0.2, 0.25) is 5.91 Å². The van der Waals surface area contributed by atoms with Crippen LogP contribution in [0.25, 0.3) is 0 Å². The number of hydrogen-bond donors (Lipinski definition) is 2. The van der Waals surface area contributed by atoms with Gasteiger partial charge in [-0.05, 0) is 33.6 Å². The lowest BCUT2D eigenvalue weighted by molar-refractivity contribution is -0.130. The third-order valence-corrected chi connectivity index (χ3v) is 3.85. The Morgan fingerprint density at radius 3 is 2.65 bits per heavy atom. The number of nitrogens with one attached hydrogen (secondary N) is 1. The smallest absolute Gasteiger partial charge is 0.232 e. The number of hydrogen-bond acceptors (Lipinski definition) is 4. The topological polar surface area (TPSA) is 82.2 Å². The van der Waals surface area contributed by atoms with Crippen molar-refractivity contribution < 1.29 is 9.53 Å². The van der Waals surface area contributed by atoms with E-state index in [1.165, 1.54) is 0 Å². The fourth-order valence-electron chi connectivity index (χ4n) is 2.30. The number of rotatable bonds is 3.